The number of rotatable bonds is 4. The van der Waals surface area contributed by atoms with E-state index in [1.165, 1.54) is 30.6 Å². The Labute approximate surface area is 117 Å². The number of carboxylic acid groups (broad SMARTS) is 1. The number of benzene rings is 1. The fourth-order valence-corrected chi connectivity index (χ4v) is 1.64. The third-order valence-electron chi connectivity index (χ3n) is 2.72. The summed E-state index contributed by atoms with van der Waals surface area (Å²) in [4.78, 5) is 14.7. The lowest BCUT2D eigenvalue weighted by atomic mass is 10.1. The van der Waals surface area contributed by atoms with Gasteiger partial charge in [0.05, 0.1) is 11.1 Å². The molecule has 0 aliphatic heterocycles. The quantitative estimate of drug-likeness (QED) is 0.940. The van der Waals surface area contributed by atoms with Crippen LogP contribution in [-0.2, 0) is 12.8 Å². The first-order valence-electron chi connectivity index (χ1n) is 5.84. The Morgan fingerprint density at radius 1 is 1.19 bits per heavy atom. The van der Waals surface area contributed by atoms with Gasteiger partial charge in [0.15, 0.2) is 0 Å². The molecule has 1 aromatic heterocycles. The van der Waals surface area contributed by atoms with Crippen molar-refractivity contribution in [1.82, 2.24) is 4.98 Å². The van der Waals surface area contributed by atoms with Crippen molar-refractivity contribution in [1.29, 1.82) is 0 Å². The first-order chi connectivity index (χ1) is 9.88. The number of hydrogen-bond donors (Lipinski definition) is 1. The predicted octanol–water partition coefficient (Wildman–Crippen LogP) is 3.38. The summed E-state index contributed by atoms with van der Waals surface area (Å²) < 4.78 is 42.5. The van der Waals surface area contributed by atoms with Crippen LogP contribution >= 0.6 is 0 Å². The van der Waals surface area contributed by atoms with Crippen molar-refractivity contribution in [2.45, 2.75) is 12.8 Å². The van der Waals surface area contributed by atoms with Crippen molar-refractivity contribution in [3.8, 4) is 5.75 Å². The zero-order chi connectivity index (χ0) is 15.5. The van der Waals surface area contributed by atoms with Gasteiger partial charge in [-0.2, -0.15) is 13.2 Å². The van der Waals surface area contributed by atoms with Gasteiger partial charge in [-0.15, -0.1) is 0 Å². The Hall–Kier alpha value is -2.57. The van der Waals surface area contributed by atoms with Gasteiger partial charge in [-0.25, -0.2) is 4.79 Å². The molecular formula is C14H10F3NO3. The molecule has 0 spiro atoms. The zero-order valence-corrected chi connectivity index (χ0v) is 10.6. The second-order valence-electron chi connectivity index (χ2n) is 4.15. The smallest absolute Gasteiger partial charge is 0.416 e. The maximum atomic E-state index is 12.4. The van der Waals surface area contributed by atoms with Gasteiger partial charge in [-0.1, -0.05) is 0 Å². The average Bonchev–Trinajstić information content (AvgIpc) is 2.45. The van der Waals surface area contributed by atoms with Crippen LogP contribution in [0.4, 0.5) is 13.2 Å². The fourth-order valence-electron chi connectivity index (χ4n) is 1.64. The van der Waals surface area contributed by atoms with E-state index in [9.17, 15) is 18.0 Å². The third-order valence-corrected chi connectivity index (χ3v) is 2.72. The molecule has 1 aromatic carbocycles. The standard InChI is InChI=1S/C14H10F3NO3/c15-14(16,17)10-1-3-11(4-2-10)21-8-9-5-6-18-7-12(9)13(19)20/h1-7H,8H2,(H,19,20). The van der Waals surface area contributed by atoms with Crippen LogP contribution < -0.4 is 4.74 Å². The molecule has 0 atom stereocenters. The Kier molecular flexibility index (Phi) is 4.11. The second kappa shape index (κ2) is 5.82. The third kappa shape index (κ3) is 3.71. The van der Waals surface area contributed by atoms with E-state index < -0.39 is 17.7 Å². The van der Waals surface area contributed by atoms with Crippen LogP contribution in [0.15, 0.2) is 42.7 Å². The predicted molar refractivity (Wildman–Crippen MR) is 67.0 cm³/mol. The second-order valence-corrected chi connectivity index (χ2v) is 4.15. The highest BCUT2D eigenvalue weighted by atomic mass is 19.4. The summed E-state index contributed by atoms with van der Waals surface area (Å²) in [6.45, 7) is -0.0739. The zero-order valence-electron chi connectivity index (χ0n) is 10.6. The number of carbonyl (C=O) groups is 1. The number of ether oxygens (including phenoxy) is 1. The summed E-state index contributed by atoms with van der Waals surface area (Å²) in [5.41, 5.74) is -0.396. The van der Waals surface area contributed by atoms with Gasteiger partial charge in [0.25, 0.3) is 0 Å². The number of pyridine rings is 1. The van der Waals surface area contributed by atoms with Crippen LogP contribution in [0.5, 0.6) is 5.75 Å². The molecule has 21 heavy (non-hydrogen) atoms. The van der Waals surface area contributed by atoms with Gasteiger partial charge < -0.3 is 9.84 Å². The molecular weight excluding hydrogens is 287 g/mol. The van der Waals surface area contributed by atoms with Crippen molar-refractivity contribution >= 4 is 5.97 Å². The molecule has 1 N–H and O–H groups in total. The number of aromatic carboxylic acids is 1. The summed E-state index contributed by atoms with van der Waals surface area (Å²) in [5, 5.41) is 8.97. The Morgan fingerprint density at radius 2 is 1.86 bits per heavy atom. The molecule has 0 saturated heterocycles. The summed E-state index contributed by atoms with van der Waals surface area (Å²) in [7, 11) is 0. The van der Waals surface area contributed by atoms with Crippen LogP contribution in [0.3, 0.4) is 0 Å². The van der Waals surface area contributed by atoms with E-state index in [1.54, 1.807) is 0 Å². The highest BCUT2D eigenvalue weighted by Crippen LogP contribution is 2.30. The first kappa shape index (κ1) is 14.8. The van der Waals surface area contributed by atoms with Gasteiger partial charge in [-0.3, -0.25) is 4.98 Å². The Bertz CT molecular complexity index is 639. The van der Waals surface area contributed by atoms with Crippen molar-refractivity contribution in [2.24, 2.45) is 0 Å². The van der Waals surface area contributed by atoms with Gasteiger partial charge >= 0.3 is 12.1 Å². The van der Waals surface area contributed by atoms with Gasteiger partial charge in [0.2, 0.25) is 0 Å². The minimum Gasteiger partial charge on any atom is -0.489 e. The van der Waals surface area contributed by atoms with Crippen LogP contribution in [0.2, 0.25) is 0 Å². The Balaban J connectivity index is 2.09. The van der Waals surface area contributed by atoms with Crippen molar-refractivity contribution in [2.75, 3.05) is 0 Å². The van der Waals surface area contributed by atoms with E-state index in [0.29, 0.717) is 5.56 Å². The topological polar surface area (TPSA) is 59.4 Å². The summed E-state index contributed by atoms with van der Waals surface area (Å²) in [5.74, 6) is -0.926. The van der Waals surface area contributed by atoms with E-state index >= 15 is 0 Å². The minimum absolute atomic E-state index is 0.00980. The number of hydrogen-bond acceptors (Lipinski definition) is 3. The molecule has 0 saturated carbocycles. The molecule has 0 aliphatic rings. The van der Waals surface area contributed by atoms with Crippen LogP contribution in [0.25, 0.3) is 0 Å². The molecule has 0 bridgehead atoms. The molecule has 0 unspecified atom stereocenters. The SMILES string of the molecule is O=C(O)c1cnccc1COc1ccc(C(F)(F)F)cc1. The van der Waals surface area contributed by atoms with Crippen molar-refractivity contribution in [3.05, 3.63) is 59.4 Å². The van der Waals surface area contributed by atoms with Crippen LogP contribution in [0, 0.1) is 0 Å². The maximum Gasteiger partial charge on any atom is 0.416 e. The van der Waals surface area contributed by atoms with Crippen molar-refractivity contribution in [3.63, 3.8) is 0 Å². The summed E-state index contributed by atoms with van der Waals surface area (Å²) >= 11 is 0. The van der Waals surface area contributed by atoms with Gasteiger partial charge in [-0.05, 0) is 30.3 Å². The van der Waals surface area contributed by atoms with E-state index in [2.05, 4.69) is 4.98 Å². The highest BCUT2D eigenvalue weighted by Gasteiger charge is 2.30. The normalized spacial score (nSPS) is 11.2. The summed E-state index contributed by atoms with van der Waals surface area (Å²) in [6.07, 6.45) is -1.80. The van der Waals surface area contributed by atoms with E-state index in [4.69, 9.17) is 9.84 Å². The van der Waals surface area contributed by atoms with E-state index in [-0.39, 0.29) is 17.9 Å². The highest BCUT2D eigenvalue weighted by molar-refractivity contribution is 5.88. The molecule has 1 heterocycles. The van der Waals surface area contributed by atoms with Crippen LogP contribution in [0.1, 0.15) is 21.5 Å². The largest absolute Gasteiger partial charge is 0.489 e. The average molecular weight is 297 g/mol. The molecule has 0 aliphatic carbocycles. The minimum atomic E-state index is -4.40. The molecule has 0 radical (unpaired) electrons. The maximum absolute atomic E-state index is 12.4. The molecule has 2 aromatic rings. The number of aromatic nitrogens is 1. The van der Waals surface area contributed by atoms with Crippen LogP contribution in [-0.4, -0.2) is 16.1 Å². The van der Waals surface area contributed by atoms with Gasteiger partial charge in [0, 0.05) is 18.0 Å². The first-order valence-corrected chi connectivity index (χ1v) is 5.84. The lowest BCUT2D eigenvalue weighted by Crippen LogP contribution is -2.07. The number of halogens is 3. The molecule has 110 valence electrons. The van der Waals surface area contributed by atoms with E-state index in [0.717, 1.165) is 12.1 Å². The molecule has 0 amide bonds. The molecule has 7 heteroatoms. The lowest BCUT2D eigenvalue weighted by molar-refractivity contribution is -0.137. The number of carboxylic acids is 1. The number of nitrogens with zero attached hydrogens (tertiary/aromatic N) is 1. The molecule has 0 fully saturated rings. The molecule has 2 rings (SSSR count). The lowest BCUT2D eigenvalue weighted by Gasteiger charge is -2.10. The van der Waals surface area contributed by atoms with Crippen molar-refractivity contribution < 1.29 is 27.8 Å². The Morgan fingerprint density at radius 3 is 2.43 bits per heavy atom. The number of alkyl halides is 3. The fraction of sp³-hybridized carbons (Fsp3) is 0.143. The van der Waals surface area contributed by atoms with Gasteiger partial charge in [0.1, 0.15) is 12.4 Å². The van der Waals surface area contributed by atoms with E-state index in [1.807, 2.05) is 0 Å². The monoisotopic (exact) mass is 297 g/mol. The molecule has 4 nitrogen and oxygen atoms in total. The summed E-state index contributed by atoms with van der Waals surface area (Å²) in [6, 6.07) is 5.66.